The van der Waals surface area contributed by atoms with E-state index >= 15 is 0 Å². The molecule has 0 atom stereocenters. The number of ether oxygens (including phenoxy) is 1. The molecule has 7 nitrogen and oxygen atoms in total. The minimum Gasteiger partial charge on any atom is -0.491 e. The second-order valence-corrected chi connectivity index (χ2v) is 6.12. The van der Waals surface area contributed by atoms with Gasteiger partial charge in [-0.15, -0.1) is 24.0 Å². The normalized spacial score (nSPS) is 14.5. The molecule has 0 radical (unpaired) electrons. The van der Waals surface area contributed by atoms with Crippen LogP contribution in [0.15, 0.2) is 41.7 Å². The molecule has 0 saturated carbocycles. The van der Waals surface area contributed by atoms with Gasteiger partial charge < -0.3 is 19.9 Å². The molecule has 2 aromatic rings. The van der Waals surface area contributed by atoms with Crippen molar-refractivity contribution in [3.63, 3.8) is 0 Å². The quantitative estimate of drug-likeness (QED) is 0.387. The Balaban J connectivity index is 0.00000280. The van der Waals surface area contributed by atoms with Crippen molar-refractivity contribution in [3.8, 4) is 5.75 Å². The molecule has 0 unspecified atom stereocenters. The summed E-state index contributed by atoms with van der Waals surface area (Å²) in [5, 5.41) is 3.31. The minimum atomic E-state index is -0.345. The molecule has 152 valence electrons. The SMILES string of the molecule is CCOc1ccc(CNC(=NC)N2CCN(c3ncccn3)CC2)cc1F.I. The average Bonchev–Trinajstić information content (AvgIpc) is 2.71. The van der Waals surface area contributed by atoms with E-state index < -0.39 is 0 Å². The lowest BCUT2D eigenvalue weighted by Crippen LogP contribution is -2.52. The molecule has 1 aliphatic rings. The third-order valence-corrected chi connectivity index (χ3v) is 4.37. The molecule has 28 heavy (non-hydrogen) atoms. The number of nitrogens with one attached hydrogen (secondary N) is 1. The van der Waals surface area contributed by atoms with Crippen molar-refractivity contribution >= 4 is 35.9 Å². The van der Waals surface area contributed by atoms with Crippen LogP contribution in [0.5, 0.6) is 5.75 Å². The van der Waals surface area contributed by atoms with E-state index in [4.69, 9.17) is 4.74 Å². The topological polar surface area (TPSA) is 65.9 Å². The van der Waals surface area contributed by atoms with Gasteiger partial charge in [0.1, 0.15) is 0 Å². The number of hydrogen-bond acceptors (Lipinski definition) is 5. The molecule has 1 aliphatic heterocycles. The first-order valence-electron chi connectivity index (χ1n) is 9.10. The first-order chi connectivity index (χ1) is 13.2. The van der Waals surface area contributed by atoms with Crippen molar-refractivity contribution in [1.82, 2.24) is 20.2 Å². The van der Waals surface area contributed by atoms with Gasteiger partial charge in [0.25, 0.3) is 0 Å². The van der Waals surface area contributed by atoms with Crippen molar-refractivity contribution in [2.45, 2.75) is 13.5 Å². The van der Waals surface area contributed by atoms with Crippen LogP contribution in [-0.4, -0.2) is 60.7 Å². The highest BCUT2D eigenvalue weighted by molar-refractivity contribution is 14.0. The van der Waals surface area contributed by atoms with Crippen LogP contribution in [0.1, 0.15) is 12.5 Å². The van der Waals surface area contributed by atoms with Gasteiger partial charge in [0.2, 0.25) is 5.95 Å². The minimum absolute atomic E-state index is 0. The fraction of sp³-hybridized carbons (Fsp3) is 0.421. The van der Waals surface area contributed by atoms with Crippen molar-refractivity contribution in [2.24, 2.45) is 4.99 Å². The van der Waals surface area contributed by atoms with Crippen LogP contribution in [0.2, 0.25) is 0 Å². The van der Waals surface area contributed by atoms with Gasteiger partial charge in [-0.1, -0.05) is 6.07 Å². The number of aromatic nitrogens is 2. The first-order valence-corrected chi connectivity index (χ1v) is 9.10. The summed E-state index contributed by atoms with van der Waals surface area (Å²) in [7, 11) is 1.76. The molecule has 1 aromatic heterocycles. The van der Waals surface area contributed by atoms with Crippen LogP contribution in [0, 0.1) is 5.82 Å². The highest BCUT2D eigenvalue weighted by atomic mass is 127. The lowest BCUT2D eigenvalue weighted by atomic mass is 10.2. The van der Waals surface area contributed by atoms with Crippen molar-refractivity contribution in [2.75, 3.05) is 44.7 Å². The Morgan fingerprint density at radius 1 is 1.21 bits per heavy atom. The van der Waals surface area contributed by atoms with Crippen molar-refractivity contribution < 1.29 is 9.13 Å². The van der Waals surface area contributed by atoms with Crippen LogP contribution >= 0.6 is 24.0 Å². The van der Waals surface area contributed by atoms with Gasteiger partial charge in [-0.2, -0.15) is 0 Å². The van der Waals surface area contributed by atoms with E-state index in [1.165, 1.54) is 6.07 Å². The second kappa shape index (κ2) is 11.0. The fourth-order valence-corrected chi connectivity index (χ4v) is 3.01. The Morgan fingerprint density at radius 2 is 1.93 bits per heavy atom. The molecular formula is C19H26FIN6O. The molecule has 1 aromatic carbocycles. The van der Waals surface area contributed by atoms with Gasteiger partial charge in [-0.05, 0) is 30.7 Å². The van der Waals surface area contributed by atoms with Gasteiger partial charge in [0.15, 0.2) is 17.5 Å². The van der Waals surface area contributed by atoms with Crippen LogP contribution < -0.4 is 15.0 Å². The molecule has 9 heteroatoms. The average molecular weight is 500 g/mol. The predicted octanol–water partition coefficient (Wildman–Crippen LogP) is 2.53. The number of hydrogen-bond donors (Lipinski definition) is 1. The number of piperazine rings is 1. The van der Waals surface area contributed by atoms with E-state index in [0.29, 0.717) is 13.2 Å². The smallest absolute Gasteiger partial charge is 0.225 e. The number of aliphatic imine (C=N–C) groups is 1. The summed E-state index contributed by atoms with van der Waals surface area (Å²) in [5.41, 5.74) is 0.841. The zero-order valence-corrected chi connectivity index (χ0v) is 18.5. The second-order valence-electron chi connectivity index (χ2n) is 6.12. The summed E-state index contributed by atoms with van der Waals surface area (Å²) in [4.78, 5) is 17.3. The van der Waals surface area contributed by atoms with E-state index in [-0.39, 0.29) is 35.5 Å². The van der Waals surface area contributed by atoms with Gasteiger partial charge in [-0.25, -0.2) is 14.4 Å². The zero-order valence-electron chi connectivity index (χ0n) is 16.1. The molecule has 0 spiro atoms. The highest BCUT2D eigenvalue weighted by Crippen LogP contribution is 2.18. The van der Waals surface area contributed by atoms with Crippen LogP contribution in [0.4, 0.5) is 10.3 Å². The molecule has 3 rings (SSSR count). The van der Waals surface area contributed by atoms with Gasteiger partial charge in [-0.3, -0.25) is 4.99 Å². The summed E-state index contributed by atoms with van der Waals surface area (Å²) in [6, 6.07) is 6.83. The molecule has 1 N–H and O–H groups in total. The number of nitrogens with zero attached hydrogens (tertiary/aromatic N) is 5. The summed E-state index contributed by atoms with van der Waals surface area (Å²) in [6.45, 7) is 6.05. The maximum absolute atomic E-state index is 14.0. The maximum Gasteiger partial charge on any atom is 0.225 e. The van der Waals surface area contributed by atoms with E-state index in [2.05, 4.69) is 30.1 Å². The van der Waals surface area contributed by atoms with Crippen LogP contribution in [0.25, 0.3) is 0 Å². The predicted molar refractivity (Wildman–Crippen MR) is 119 cm³/mol. The van der Waals surface area contributed by atoms with E-state index in [0.717, 1.165) is 43.7 Å². The zero-order chi connectivity index (χ0) is 19.1. The van der Waals surface area contributed by atoms with E-state index in [1.54, 1.807) is 25.5 Å². The molecule has 0 amide bonds. The first kappa shape index (κ1) is 22.1. The van der Waals surface area contributed by atoms with Gasteiger partial charge in [0, 0.05) is 52.2 Å². The van der Waals surface area contributed by atoms with Crippen molar-refractivity contribution in [3.05, 3.63) is 48.0 Å². The lowest BCUT2D eigenvalue weighted by molar-refractivity contribution is 0.321. The summed E-state index contributed by atoms with van der Waals surface area (Å²) < 4.78 is 19.2. The Labute approximate surface area is 182 Å². The molecule has 1 saturated heterocycles. The Hall–Kier alpha value is -2.17. The standard InChI is InChI=1S/C19H25FN6O.HI/c1-3-27-17-6-5-15(13-16(17)20)14-24-18(21-2)25-9-11-26(12-10-25)19-22-7-4-8-23-19;/h4-8,13H,3,9-12,14H2,1-2H3,(H,21,24);1H. The Morgan fingerprint density at radius 3 is 2.54 bits per heavy atom. The number of anilines is 1. The van der Waals surface area contributed by atoms with Crippen LogP contribution in [0.3, 0.4) is 0 Å². The number of halogens is 2. The number of guanidine groups is 1. The van der Waals surface area contributed by atoms with Gasteiger partial charge >= 0.3 is 0 Å². The molecule has 0 aliphatic carbocycles. The summed E-state index contributed by atoms with van der Waals surface area (Å²) in [5.74, 6) is 1.50. The summed E-state index contributed by atoms with van der Waals surface area (Å²) >= 11 is 0. The molecule has 1 fully saturated rings. The highest BCUT2D eigenvalue weighted by Gasteiger charge is 2.21. The molecular weight excluding hydrogens is 474 g/mol. The Bertz CT molecular complexity index is 768. The Kier molecular flexibility index (Phi) is 8.68. The lowest BCUT2D eigenvalue weighted by Gasteiger charge is -2.36. The molecule has 0 bridgehead atoms. The largest absolute Gasteiger partial charge is 0.491 e. The van der Waals surface area contributed by atoms with E-state index in [1.807, 2.05) is 19.1 Å². The van der Waals surface area contributed by atoms with Gasteiger partial charge in [0.05, 0.1) is 6.61 Å². The number of benzene rings is 1. The van der Waals surface area contributed by atoms with E-state index in [9.17, 15) is 4.39 Å². The maximum atomic E-state index is 14.0. The van der Waals surface area contributed by atoms with Crippen LogP contribution in [-0.2, 0) is 6.54 Å². The number of rotatable bonds is 5. The van der Waals surface area contributed by atoms with Crippen molar-refractivity contribution in [1.29, 1.82) is 0 Å². The monoisotopic (exact) mass is 500 g/mol. The molecule has 2 heterocycles. The fourth-order valence-electron chi connectivity index (χ4n) is 3.01. The summed E-state index contributed by atoms with van der Waals surface area (Å²) in [6.07, 6.45) is 3.51. The third-order valence-electron chi connectivity index (χ3n) is 4.37. The third kappa shape index (κ3) is 5.66.